The Labute approximate surface area is 130 Å². The van der Waals surface area contributed by atoms with Crippen molar-refractivity contribution in [2.75, 3.05) is 5.73 Å². The van der Waals surface area contributed by atoms with E-state index >= 15 is 0 Å². The van der Waals surface area contributed by atoms with E-state index in [1.54, 1.807) is 0 Å². The summed E-state index contributed by atoms with van der Waals surface area (Å²) >= 11 is 0. The first-order valence-electron chi connectivity index (χ1n) is 8.61. The van der Waals surface area contributed by atoms with Crippen molar-refractivity contribution in [1.29, 1.82) is 0 Å². The first-order chi connectivity index (χ1) is 10.3. The third-order valence-corrected chi connectivity index (χ3v) is 3.76. The summed E-state index contributed by atoms with van der Waals surface area (Å²) < 4.78 is 0. The van der Waals surface area contributed by atoms with Crippen molar-refractivity contribution in [3.8, 4) is 0 Å². The van der Waals surface area contributed by atoms with Crippen LogP contribution in [-0.4, -0.2) is 4.98 Å². The fourth-order valence-electron chi connectivity index (χ4n) is 2.48. The van der Waals surface area contributed by atoms with Gasteiger partial charge in [0, 0.05) is 10.9 Å². The van der Waals surface area contributed by atoms with Gasteiger partial charge in [-0.05, 0) is 12.1 Å². The zero-order valence-electron chi connectivity index (χ0n) is 13.8. The predicted molar refractivity (Wildman–Crippen MR) is 95.6 cm³/mol. The Bertz CT molecular complexity index is 432. The zero-order valence-corrected chi connectivity index (χ0v) is 13.8. The molecule has 0 bridgehead atoms. The second kappa shape index (κ2) is 11.2. The van der Waals surface area contributed by atoms with Gasteiger partial charge in [0.05, 0.1) is 0 Å². The van der Waals surface area contributed by atoms with Gasteiger partial charge in [-0.1, -0.05) is 89.8 Å². The number of aromatic amines is 1. The number of aromatic nitrogens is 1. The quantitative estimate of drug-likeness (QED) is 0.551. The summed E-state index contributed by atoms with van der Waals surface area (Å²) in [6, 6.07) is 9.94. The molecule has 1 aromatic carbocycles. The van der Waals surface area contributed by atoms with Crippen molar-refractivity contribution < 1.29 is 0 Å². The average molecular weight is 288 g/mol. The number of fused-ring (bicyclic) bond motifs is 1. The molecular formula is C19H32N2. The second-order valence-corrected chi connectivity index (χ2v) is 5.79. The fraction of sp³-hybridized carbons (Fsp3) is 0.579. The van der Waals surface area contributed by atoms with Crippen LogP contribution in [0.3, 0.4) is 0 Å². The Morgan fingerprint density at radius 1 is 0.810 bits per heavy atom. The van der Waals surface area contributed by atoms with Crippen LogP contribution in [0.2, 0.25) is 0 Å². The maximum absolute atomic E-state index is 5.54. The van der Waals surface area contributed by atoms with E-state index in [0.29, 0.717) is 0 Å². The van der Waals surface area contributed by atoms with Gasteiger partial charge in [-0.3, -0.25) is 0 Å². The van der Waals surface area contributed by atoms with Crippen LogP contribution >= 0.6 is 0 Å². The first-order valence-corrected chi connectivity index (χ1v) is 8.61. The van der Waals surface area contributed by atoms with Crippen LogP contribution in [0.25, 0.3) is 10.9 Å². The average Bonchev–Trinajstić information content (AvgIpc) is 2.87. The standard InChI is InChI=1S/C11H24.C8H8N2/c1-3-5-7-9-11-10-8-6-4-2;9-8-5-6-3-1-2-4-7(6)10-8/h3-11H2,1-2H3;1-5,10H,9H2. The summed E-state index contributed by atoms with van der Waals surface area (Å²) in [6.45, 7) is 4.55. The Morgan fingerprint density at radius 3 is 1.86 bits per heavy atom. The van der Waals surface area contributed by atoms with Gasteiger partial charge >= 0.3 is 0 Å². The number of nitrogens with one attached hydrogen (secondary N) is 1. The summed E-state index contributed by atoms with van der Waals surface area (Å²) in [6.07, 6.45) is 13.0. The van der Waals surface area contributed by atoms with Gasteiger partial charge in [-0.15, -0.1) is 0 Å². The topological polar surface area (TPSA) is 41.8 Å². The Balaban J connectivity index is 0.000000210. The van der Waals surface area contributed by atoms with E-state index in [1.165, 1.54) is 63.2 Å². The van der Waals surface area contributed by atoms with Crippen LogP contribution in [0, 0.1) is 0 Å². The summed E-state index contributed by atoms with van der Waals surface area (Å²) in [7, 11) is 0. The fourth-order valence-corrected chi connectivity index (χ4v) is 2.48. The van der Waals surface area contributed by atoms with Crippen molar-refractivity contribution in [3.63, 3.8) is 0 Å². The molecule has 0 fully saturated rings. The molecule has 118 valence electrons. The minimum Gasteiger partial charge on any atom is -0.385 e. The molecule has 2 aromatic rings. The number of nitrogen functional groups attached to an aromatic ring is 1. The van der Waals surface area contributed by atoms with Crippen molar-refractivity contribution >= 4 is 16.7 Å². The van der Waals surface area contributed by atoms with Crippen LogP contribution in [-0.2, 0) is 0 Å². The Morgan fingerprint density at radius 2 is 1.33 bits per heavy atom. The number of hydrogen-bond acceptors (Lipinski definition) is 1. The van der Waals surface area contributed by atoms with E-state index < -0.39 is 0 Å². The molecular weight excluding hydrogens is 256 g/mol. The lowest BCUT2D eigenvalue weighted by molar-refractivity contribution is 0.572. The van der Waals surface area contributed by atoms with E-state index in [4.69, 9.17) is 5.73 Å². The van der Waals surface area contributed by atoms with Crippen molar-refractivity contribution in [2.24, 2.45) is 0 Å². The lowest BCUT2D eigenvalue weighted by Gasteiger charge is -1.98. The van der Waals surface area contributed by atoms with E-state index in [0.717, 1.165) is 11.3 Å². The Kier molecular flexibility index (Phi) is 9.43. The maximum atomic E-state index is 5.54. The van der Waals surface area contributed by atoms with Crippen molar-refractivity contribution in [1.82, 2.24) is 4.98 Å². The third kappa shape index (κ3) is 7.79. The minimum absolute atomic E-state index is 0.723. The Hall–Kier alpha value is -1.44. The number of para-hydroxylation sites is 1. The molecule has 0 radical (unpaired) electrons. The van der Waals surface area contributed by atoms with Crippen molar-refractivity contribution in [3.05, 3.63) is 30.3 Å². The predicted octanol–water partition coefficient (Wildman–Crippen LogP) is 6.29. The van der Waals surface area contributed by atoms with Gasteiger partial charge < -0.3 is 10.7 Å². The van der Waals surface area contributed by atoms with Crippen LogP contribution in [0.1, 0.15) is 71.6 Å². The maximum Gasteiger partial charge on any atom is 0.101 e. The summed E-state index contributed by atoms with van der Waals surface area (Å²) in [5.74, 6) is 0.723. The molecule has 2 rings (SSSR count). The summed E-state index contributed by atoms with van der Waals surface area (Å²) in [5.41, 5.74) is 6.63. The molecule has 0 aliphatic heterocycles. The molecule has 3 N–H and O–H groups in total. The summed E-state index contributed by atoms with van der Waals surface area (Å²) in [4.78, 5) is 3.04. The van der Waals surface area contributed by atoms with Gasteiger partial charge in [-0.25, -0.2) is 0 Å². The highest BCUT2D eigenvalue weighted by Gasteiger charge is 1.93. The zero-order chi connectivity index (χ0) is 15.3. The van der Waals surface area contributed by atoms with Gasteiger partial charge in [0.1, 0.15) is 5.82 Å². The normalized spacial score (nSPS) is 10.4. The van der Waals surface area contributed by atoms with Gasteiger partial charge in [0.25, 0.3) is 0 Å². The number of unbranched alkanes of at least 4 members (excludes halogenated alkanes) is 8. The monoisotopic (exact) mass is 288 g/mol. The lowest BCUT2D eigenvalue weighted by Crippen LogP contribution is -1.80. The molecule has 2 heteroatoms. The van der Waals surface area contributed by atoms with E-state index in [1.807, 2.05) is 30.3 Å². The van der Waals surface area contributed by atoms with Crippen LogP contribution < -0.4 is 5.73 Å². The number of H-pyrrole nitrogens is 1. The highest BCUT2D eigenvalue weighted by atomic mass is 14.8. The molecule has 0 saturated heterocycles. The van der Waals surface area contributed by atoms with E-state index in [9.17, 15) is 0 Å². The molecule has 1 aromatic heterocycles. The van der Waals surface area contributed by atoms with Gasteiger partial charge in [0.15, 0.2) is 0 Å². The third-order valence-electron chi connectivity index (χ3n) is 3.76. The minimum atomic E-state index is 0.723. The molecule has 0 saturated carbocycles. The highest BCUT2D eigenvalue weighted by molar-refractivity contribution is 5.82. The molecule has 0 unspecified atom stereocenters. The number of hydrogen-bond donors (Lipinski definition) is 2. The van der Waals surface area contributed by atoms with Crippen molar-refractivity contribution in [2.45, 2.75) is 71.6 Å². The molecule has 21 heavy (non-hydrogen) atoms. The molecule has 0 aliphatic carbocycles. The number of rotatable bonds is 8. The molecule has 1 heterocycles. The molecule has 0 aliphatic rings. The smallest absolute Gasteiger partial charge is 0.101 e. The lowest BCUT2D eigenvalue weighted by atomic mass is 10.1. The molecule has 0 amide bonds. The van der Waals surface area contributed by atoms with E-state index in [2.05, 4.69) is 18.8 Å². The summed E-state index contributed by atoms with van der Waals surface area (Å²) in [5, 5.41) is 1.17. The van der Waals surface area contributed by atoms with Crippen LogP contribution in [0.4, 0.5) is 5.82 Å². The molecule has 0 atom stereocenters. The van der Waals surface area contributed by atoms with Crippen LogP contribution in [0.5, 0.6) is 0 Å². The molecule has 2 nitrogen and oxygen atoms in total. The highest BCUT2D eigenvalue weighted by Crippen LogP contribution is 2.14. The van der Waals surface area contributed by atoms with Gasteiger partial charge in [-0.2, -0.15) is 0 Å². The van der Waals surface area contributed by atoms with Gasteiger partial charge in [0.2, 0.25) is 0 Å². The first kappa shape index (κ1) is 17.6. The second-order valence-electron chi connectivity index (χ2n) is 5.79. The number of anilines is 1. The SMILES string of the molecule is CCCCCCCCCCC.Nc1cc2ccccc2[nH]1. The largest absolute Gasteiger partial charge is 0.385 e. The van der Waals surface area contributed by atoms with Crippen LogP contribution in [0.15, 0.2) is 30.3 Å². The molecule has 0 spiro atoms. The number of nitrogens with two attached hydrogens (primary N) is 1. The van der Waals surface area contributed by atoms with E-state index in [-0.39, 0.29) is 0 Å². The number of benzene rings is 1.